The molecule has 3 N–H and O–H groups in total. The van der Waals surface area contributed by atoms with Crippen LogP contribution in [0.3, 0.4) is 0 Å². The highest BCUT2D eigenvalue weighted by Crippen LogP contribution is 2.25. The number of thiazole rings is 1. The number of nitrogens with zero attached hydrogens (tertiary/aromatic N) is 2. The van der Waals surface area contributed by atoms with E-state index in [1.807, 2.05) is 11.0 Å². The van der Waals surface area contributed by atoms with E-state index in [4.69, 9.17) is 5.41 Å². The average molecular weight is 460 g/mol. The van der Waals surface area contributed by atoms with Crippen molar-refractivity contribution in [2.75, 3.05) is 22.7 Å². The number of halogens is 1. The zero-order valence-corrected chi connectivity index (χ0v) is 18.2. The van der Waals surface area contributed by atoms with E-state index in [9.17, 15) is 12.8 Å². The summed E-state index contributed by atoms with van der Waals surface area (Å²) in [6, 6.07) is 12.9. The van der Waals surface area contributed by atoms with E-state index in [1.165, 1.54) is 41.8 Å². The lowest BCUT2D eigenvalue weighted by atomic mass is 10.1. The van der Waals surface area contributed by atoms with Gasteiger partial charge in [0.25, 0.3) is 10.0 Å². The topological polar surface area (TPSA) is 98.2 Å². The van der Waals surface area contributed by atoms with Gasteiger partial charge in [0.05, 0.1) is 10.9 Å². The lowest BCUT2D eigenvalue weighted by molar-refractivity contribution is 0.601. The van der Waals surface area contributed by atoms with E-state index in [0.717, 1.165) is 17.7 Å². The van der Waals surface area contributed by atoms with Crippen LogP contribution in [0.4, 0.5) is 15.2 Å². The molecular weight excluding hydrogens is 437 g/mol. The summed E-state index contributed by atoms with van der Waals surface area (Å²) < 4.78 is 40.7. The molecule has 1 aromatic heterocycles. The van der Waals surface area contributed by atoms with E-state index in [-0.39, 0.29) is 16.8 Å². The molecule has 31 heavy (non-hydrogen) atoms. The first-order valence-corrected chi connectivity index (χ1v) is 12.1. The summed E-state index contributed by atoms with van der Waals surface area (Å²) in [7, 11) is -3.70. The number of rotatable bonds is 8. The average Bonchev–Trinajstić information content (AvgIpc) is 3.38. The third-order valence-corrected chi connectivity index (χ3v) is 7.24. The molecule has 0 saturated carbocycles. The Hall–Kier alpha value is -2.82. The minimum absolute atomic E-state index is 0.0939. The van der Waals surface area contributed by atoms with Gasteiger partial charge in [-0.15, -0.1) is 11.3 Å². The molecular formula is C21H22FN5O2S2. The highest BCUT2D eigenvalue weighted by Gasteiger charge is 2.29. The molecule has 162 valence electrons. The van der Waals surface area contributed by atoms with Crippen LogP contribution in [-0.2, 0) is 16.4 Å². The van der Waals surface area contributed by atoms with Gasteiger partial charge in [-0.2, -0.15) is 0 Å². The Bertz CT molecular complexity index is 1150. The minimum atomic E-state index is -3.70. The van der Waals surface area contributed by atoms with Crippen LogP contribution in [0.15, 0.2) is 65.0 Å². The second-order valence-electron chi connectivity index (χ2n) is 7.15. The Morgan fingerprint density at radius 2 is 2.03 bits per heavy atom. The Morgan fingerprint density at radius 1 is 1.23 bits per heavy atom. The molecule has 1 aliphatic heterocycles. The second kappa shape index (κ2) is 9.13. The van der Waals surface area contributed by atoms with Crippen molar-refractivity contribution in [3.05, 3.63) is 71.5 Å². The van der Waals surface area contributed by atoms with Crippen molar-refractivity contribution in [3.63, 3.8) is 0 Å². The Kier molecular flexibility index (Phi) is 6.30. The molecule has 1 saturated heterocycles. The van der Waals surface area contributed by atoms with Crippen LogP contribution >= 0.6 is 11.3 Å². The van der Waals surface area contributed by atoms with Crippen LogP contribution < -0.4 is 14.9 Å². The number of nitrogens with one attached hydrogen (secondary N) is 3. The van der Waals surface area contributed by atoms with Gasteiger partial charge >= 0.3 is 0 Å². The number of hydrogen-bond acceptors (Lipinski definition) is 6. The van der Waals surface area contributed by atoms with Gasteiger partial charge in [-0.05, 0) is 61.3 Å². The molecule has 2 heterocycles. The lowest BCUT2D eigenvalue weighted by Gasteiger charge is -2.20. The zero-order chi connectivity index (χ0) is 21.8. The van der Waals surface area contributed by atoms with Crippen molar-refractivity contribution >= 4 is 38.0 Å². The molecule has 0 bridgehead atoms. The van der Waals surface area contributed by atoms with Crippen molar-refractivity contribution < 1.29 is 12.8 Å². The van der Waals surface area contributed by atoms with E-state index in [0.29, 0.717) is 30.5 Å². The molecule has 1 atom stereocenters. The Morgan fingerprint density at radius 3 is 2.74 bits per heavy atom. The first-order chi connectivity index (χ1) is 14.9. The van der Waals surface area contributed by atoms with E-state index in [1.54, 1.807) is 23.6 Å². The van der Waals surface area contributed by atoms with Crippen molar-refractivity contribution in [3.8, 4) is 0 Å². The molecule has 0 radical (unpaired) electrons. The van der Waals surface area contributed by atoms with Crippen molar-refractivity contribution in [1.29, 1.82) is 5.41 Å². The third kappa shape index (κ3) is 5.09. The Labute approximate surface area is 184 Å². The number of sulfonamides is 1. The number of aromatic nitrogens is 1. The molecule has 4 rings (SSSR count). The molecule has 2 aromatic carbocycles. The monoisotopic (exact) mass is 459 g/mol. The fourth-order valence-electron chi connectivity index (χ4n) is 3.51. The fourth-order valence-corrected chi connectivity index (χ4v) is 5.30. The van der Waals surface area contributed by atoms with Crippen LogP contribution in [0.25, 0.3) is 0 Å². The predicted octanol–water partition coefficient (Wildman–Crippen LogP) is 3.47. The summed E-state index contributed by atoms with van der Waals surface area (Å²) >= 11 is 1.21. The van der Waals surface area contributed by atoms with Gasteiger partial charge < -0.3 is 10.2 Å². The van der Waals surface area contributed by atoms with E-state index in [2.05, 4.69) is 15.0 Å². The maximum Gasteiger partial charge on any atom is 0.263 e. The van der Waals surface area contributed by atoms with Gasteiger partial charge in [0.2, 0.25) is 0 Å². The largest absolute Gasteiger partial charge is 0.329 e. The highest BCUT2D eigenvalue weighted by molar-refractivity contribution is 7.93. The van der Waals surface area contributed by atoms with Crippen LogP contribution in [0.5, 0.6) is 0 Å². The lowest BCUT2D eigenvalue weighted by Crippen LogP contribution is -2.38. The maximum absolute atomic E-state index is 13.3. The highest BCUT2D eigenvalue weighted by atomic mass is 32.2. The molecule has 1 fully saturated rings. The summed E-state index contributed by atoms with van der Waals surface area (Å²) in [6.45, 7) is 1.31. The van der Waals surface area contributed by atoms with Crippen LogP contribution in [-0.4, -0.2) is 38.4 Å². The summed E-state index contributed by atoms with van der Waals surface area (Å²) in [5.41, 5.74) is 1.68. The van der Waals surface area contributed by atoms with E-state index >= 15 is 0 Å². The molecule has 0 spiro atoms. The first-order valence-electron chi connectivity index (χ1n) is 9.78. The molecule has 7 nitrogen and oxygen atoms in total. The zero-order valence-electron chi connectivity index (χ0n) is 16.6. The Balaban J connectivity index is 1.35. The second-order valence-corrected chi connectivity index (χ2v) is 9.73. The van der Waals surface area contributed by atoms with Gasteiger partial charge in [0.15, 0.2) is 5.13 Å². The van der Waals surface area contributed by atoms with Crippen LogP contribution in [0.1, 0.15) is 12.0 Å². The quantitative estimate of drug-likeness (QED) is 0.479. The standard InChI is InChI=1S/C21H22FN5O2S2/c22-16-3-1-2-15(14-16)8-10-24-19-9-12-27(20(19)23)17-4-6-18(7-5-17)31(28,29)26-21-25-11-13-30-21/h1-7,11,13-14,19,23-24H,8-10,12H2,(H,25,26)/t19-/m0/s1. The summed E-state index contributed by atoms with van der Waals surface area (Å²) in [6.07, 6.45) is 2.99. The fraction of sp³-hybridized carbons (Fsp3) is 0.238. The van der Waals surface area contributed by atoms with E-state index < -0.39 is 10.0 Å². The molecule has 0 aliphatic carbocycles. The summed E-state index contributed by atoms with van der Waals surface area (Å²) in [5, 5.41) is 13.9. The predicted molar refractivity (Wildman–Crippen MR) is 121 cm³/mol. The molecule has 0 amide bonds. The van der Waals surface area contributed by atoms with Gasteiger partial charge in [0, 0.05) is 23.8 Å². The SMILES string of the molecule is N=C1[C@@H](NCCc2cccc(F)c2)CCN1c1ccc(S(=O)(=O)Nc2nccs2)cc1. The van der Waals surface area contributed by atoms with Crippen molar-refractivity contribution in [2.24, 2.45) is 0 Å². The van der Waals surface area contributed by atoms with Crippen molar-refractivity contribution in [1.82, 2.24) is 10.3 Å². The maximum atomic E-state index is 13.3. The number of hydrogen-bond donors (Lipinski definition) is 3. The van der Waals surface area contributed by atoms with Gasteiger partial charge in [-0.1, -0.05) is 12.1 Å². The van der Waals surface area contributed by atoms with Gasteiger partial charge in [0.1, 0.15) is 11.7 Å². The third-order valence-electron chi connectivity index (χ3n) is 5.07. The number of benzene rings is 2. The van der Waals surface area contributed by atoms with Crippen LogP contribution in [0, 0.1) is 11.2 Å². The van der Waals surface area contributed by atoms with Crippen LogP contribution in [0.2, 0.25) is 0 Å². The number of amidine groups is 1. The summed E-state index contributed by atoms with van der Waals surface area (Å²) in [4.78, 5) is 5.95. The van der Waals surface area contributed by atoms with Gasteiger partial charge in [-0.25, -0.2) is 17.8 Å². The normalized spacial score (nSPS) is 16.6. The molecule has 10 heteroatoms. The molecule has 1 aliphatic rings. The molecule has 0 unspecified atom stereocenters. The smallest absolute Gasteiger partial charge is 0.263 e. The summed E-state index contributed by atoms with van der Waals surface area (Å²) in [5.74, 6) is 0.195. The van der Waals surface area contributed by atoms with Gasteiger partial charge in [-0.3, -0.25) is 10.1 Å². The minimum Gasteiger partial charge on any atom is -0.329 e. The molecule has 3 aromatic rings. The van der Waals surface area contributed by atoms with Crippen molar-refractivity contribution in [2.45, 2.75) is 23.8 Å². The number of anilines is 2. The first kappa shape index (κ1) is 21.4.